The Labute approximate surface area is 144 Å². The Hall–Kier alpha value is -1.88. The maximum Gasteiger partial charge on any atom is 0.326 e. The molecule has 5 nitrogen and oxygen atoms in total. The van der Waals surface area contributed by atoms with Crippen LogP contribution in [-0.2, 0) is 16.0 Å². The van der Waals surface area contributed by atoms with Crippen molar-refractivity contribution in [1.29, 1.82) is 0 Å². The first-order valence-electron chi connectivity index (χ1n) is 8.76. The lowest BCUT2D eigenvalue weighted by atomic mass is 9.96. The molecule has 0 radical (unpaired) electrons. The van der Waals surface area contributed by atoms with Crippen molar-refractivity contribution >= 4 is 11.9 Å². The van der Waals surface area contributed by atoms with E-state index in [0.29, 0.717) is 12.3 Å². The van der Waals surface area contributed by atoms with Crippen LogP contribution in [-0.4, -0.2) is 29.6 Å². The van der Waals surface area contributed by atoms with Crippen LogP contribution in [0.1, 0.15) is 57.1 Å². The van der Waals surface area contributed by atoms with Gasteiger partial charge in [0.25, 0.3) is 0 Å². The second-order valence-corrected chi connectivity index (χ2v) is 6.81. The second-order valence-electron chi connectivity index (χ2n) is 6.81. The van der Waals surface area contributed by atoms with E-state index < -0.39 is 12.0 Å². The number of nitrogens with one attached hydrogen (secondary N) is 1. The van der Waals surface area contributed by atoms with Gasteiger partial charge in [0.15, 0.2) is 0 Å². The van der Waals surface area contributed by atoms with E-state index in [-0.39, 0.29) is 11.8 Å². The summed E-state index contributed by atoms with van der Waals surface area (Å²) < 4.78 is 0. The number of hydrogen-bond donors (Lipinski definition) is 3. The molecule has 24 heavy (non-hydrogen) atoms. The van der Waals surface area contributed by atoms with E-state index in [1.807, 2.05) is 31.2 Å². The number of unbranched alkanes of at least 4 members (excludes halogenated alkanes) is 1. The number of carbonyl (C=O) groups is 2. The maximum absolute atomic E-state index is 12.4. The van der Waals surface area contributed by atoms with E-state index in [9.17, 15) is 14.7 Å². The summed E-state index contributed by atoms with van der Waals surface area (Å²) in [5, 5.41) is 11.9. The molecule has 2 atom stereocenters. The van der Waals surface area contributed by atoms with Gasteiger partial charge in [0, 0.05) is 0 Å². The first kappa shape index (κ1) is 20.2. The smallest absolute Gasteiger partial charge is 0.326 e. The van der Waals surface area contributed by atoms with Crippen LogP contribution < -0.4 is 11.1 Å². The zero-order valence-electron chi connectivity index (χ0n) is 15.0. The number of hydrogen-bond acceptors (Lipinski definition) is 2. The van der Waals surface area contributed by atoms with Crippen LogP contribution in [0.15, 0.2) is 24.3 Å². The molecule has 0 saturated carbocycles. The van der Waals surface area contributed by atoms with Crippen LogP contribution in [0.25, 0.3) is 0 Å². The summed E-state index contributed by atoms with van der Waals surface area (Å²) in [4.78, 5) is 23.7. The largest absolute Gasteiger partial charge is 0.480 e. The number of rotatable bonds is 10. The number of carbonyl (C=O) groups excluding carboxylic acids is 1. The lowest BCUT2D eigenvalue weighted by Gasteiger charge is -2.18. The van der Waals surface area contributed by atoms with Crippen molar-refractivity contribution in [3.63, 3.8) is 0 Å². The highest BCUT2D eigenvalue weighted by atomic mass is 16.4. The van der Waals surface area contributed by atoms with E-state index in [1.54, 1.807) is 0 Å². The Morgan fingerprint density at radius 3 is 2.25 bits per heavy atom. The Kier molecular flexibility index (Phi) is 8.47. The van der Waals surface area contributed by atoms with Crippen molar-refractivity contribution in [3.05, 3.63) is 35.4 Å². The van der Waals surface area contributed by atoms with Gasteiger partial charge in [-0.25, -0.2) is 4.79 Å². The number of aliphatic carboxylic acids is 1. The first-order chi connectivity index (χ1) is 11.3. The normalized spacial score (nSPS) is 13.5. The minimum absolute atomic E-state index is 0.242. The fourth-order valence-corrected chi connectivity index (χ4v) is 2.64. The van der Waals surface area contributed by atoms with Gasteiger partial charge in [-0.3, -0.25) is 4.79 Å². The summed E-state index contributed by atoms with van der Waals surface area (Å²) in [5.41, 5.74) is 5.90. The van der Waals surface area contributed by atoms with E-state index >= 15 is 0 Å². The molecule has 0 aliphatic carbocycles. The average Bonchev–Trinajstić information content (AvgIpc) is 2.53. The molecule has 0 aromatic heterocycles. The molecule has 1 aromatic carbocycles. The molecule has 5 N–H and O–H groups in total. The highest BCUT2D eigenvalue weighted by molar-refractivity contribution is 5.87. The van der Waals surface area contributed by atoms with Gasteiger partial charge >= 0.3 is 5.97 Å². The molecule has 1 amide bonds. The zero-order chi connectivity index (χ0) is 18.1. The Bertz CT molecular complexity index is 526. The molecule has 5 heteroatoms. The molecule has 0 bridgehead atoms. The van der Waals surface area contributed by atoms with Crippen molar-refractivity contribution in [3.8, 4) is 0 Å². The van der Waals surface area contributed by atoms with Gasteiger partial charge in [0.1, 0.15) is 6.04 Å². The van der Waals surface area contributed by atoms with Crippen molar-refractivity contribution in [2.24, 2.45) is 5.92 Å². The molecular formula is C19H31N2O3+. The predicted octanol–water partition coefficient (Wildman–Crippen LogP) is 1.97. The summed E-state index contributed by atoms with van der Waals surface area (Å²) in [6, 6.07) is 7.18. The van der Waals surface area contributed by atoms with Gasteiger partial charge in [0.2, 0.25) is 5.91 Å². The van der Waals surface area contributed by atoms with Crippen molar-refractivity contribution < 1.29 is 20.4 Å². The second kappa shape index (κ2) is 10.1. The summed E-state index contributed by atoms with van der Waals surface area (Å²) in [6.07, 6.45) is 3.07. The molecule has 0 heterocycles. The molecule has 0 aliphatic heterocycles. The molecule has 1 rings (SSSR count). The number of quaternary nitrogens is 1. The topological polar surface area (TPSA) is 94.0 Å². The standard InChI is InChI=1S/C19H30N2O3/c1-13(2)12-15-7-9-16(10-8-15)14(3)18(22)21-17(19(23)24)6-4-5-11-20/h7-10,13-14,17H,4-6,11-12,20H2,1-3H3,(H,21,22)(H,23,24)/p+1/t14-,17?/m1/s1. The van der Waals surface area contributed by atoms with Crippen LogP contribution in [0.3, 0.4) is 0 Å². The Morgan fingerprint density at radius 2 is 1.75 bits per heavy atom. The molecule has 1 unspecified atom stereocenters. The number of benzene rings is 1. The van der Waals surface area contributed by atoms with Crippen LogP contribution >= 0.6 is 0 Å². The summed E-state index contributed by atoms with van der Waals surface area (Å²) in [5.74, 6) is -1.00. The summed E-state index contributed by atoms with van der Waals surface area (Å²) in [7, 11) is 0. The third-order valence-electron chi connectivity index (χ3n) is 4.12. The van der Waals surface area contributed by atoms with Crippen LogP contribution in [0.5, 0.6) is 0 Å². The Balaban J connectivity index is 2.66. The molecule has 0 saturated heterocycles. The van der Waals surface area contributed by atoms with Crippen LogP contribution in [0.4, 0.5) is 0 Å². The van der Waals surface area contributed by atoms with Crippen LogP contribution in [0, 0.1) is 5.92 Å². The Morgan fingerprint density at radius 1 is 1.12 bits per heavy atom. The van der Waals surface area contributed by atoms with Gasteiger partial charge < -0.3 is 16.2 Å². The molecule has 134 valence electrons. The molecule has 0 aliphatic rings. The SMILES string of the molecule is CC(C)Cc1ccc([C@@H](C)C(=O)NC(CCCC[NH3+])C(=O)O)cc1. The maximum atomic E-state index is 12.4. The lowest BCUT2D eigenvalue weighted by molar-refractivity contribution is -0.368. The van der Waals surface area contributed by atoms with Crippen LogP contribution in [0.2, 0.25) is 0 Å². The van der Waals surface area contributed by atoms with Gasteiger partial charge in [-0.1, -0.05) is 38.1 Å². The van der Waals surface area contributed by atoms with Crippen molar-refractivity contribution in [2.75, 3.05) is 6.54 Å². The van der Waals surface area contributed by atoms with Gasteiger partial charge in [-0.05, 0) is 49.7 Å². The number of carboxylic acids is 1. The van der Waals surface area contributed by atoms with Crippen molar-refractivity contribution in [1.82, 2.24) is 5.32 Å². The third-order valence-corrected chi connectivity index (χ3v) is 4.12. The average molecular weight is 335 g/mol. The monoisotopic (exact) mass is 335 g/mol. The minimum atomic E-state index is -0.980. The first-order valence-corrected chi connectivity index (χ1v) is 8.76. The fourth-order valence-electron chi connectivity index (χ4n) is 2.64. The molecular weight excluding hydrogens is 304 g/mol. The highest BCUT2D eigenvalue weighted by Gasteiger charge is 2.23. The summed E-state index contributed by atoms with van der Waals surface area (Å²) in [6.45, 7) is 6.93. The minimum Gasteiger partial charge on any atom is -0.480 e. The third kappa shape index (κ3) is 6.71. The number of amides is 1. The van der Waals surface area contributed by atoms with E-state index in [2.05, 4.69) is 24.9 Å². The highest BCUT2D eigenvalue weighted by Crippen LogP contribution is 2.18. The van der Waals surface area contributed by atoms with Gasteiger partial charge in [-0.2, -0.15) is 0 Å². The van der Waals surface area contributed by atoms with Gasteiger partial charge in [-0.15, -0.1) is 0 Å². The van der Waals surface area contributed by atoms with E-state index in [1.165, 1.54) is 5.56 Å². The number of carboxylic acid groups (broad SMARTS) is 1. The molecule has 0 fully saturated rings. The lowest BCUT2D eigenvalue weighted by Crippen LogP contribution is -2.50. The van der Waals surface area contributed by atoms with E-state index in [4.69, 9.17) is 0 Å². The zero-order valence-corrected chi connectivity index (χ0v) is 15.0. The van der Waals surface area contributed by atoms with Gasteiger partial charge in [0.05, 0.1) is 12.5 Å². The molecule has 1 aromatic rings. The fraction of sp³-hybridized carbons (Fsp3) is 0.579. The molecule has 0 spiro atoms. The van der Waals surface area contributed by atoms with Crippen molar-refractivity contribution in [2.45, 2.75) is 58.4 Å². The van der Waals surface area contributed by atoms with E-state index in [0.717, 1.165) is 31.4 Å². The summed E-state index contributed by atoms with van der Waals surface area (Å²) >= 11 is 0. The quantitative estimate of drug-likeness (QED) is 0.571. The predicted molar refractivity (Wildman–Crippen MR) is 94.6 cm³/mol.